The third-order valence-corrected chi connectivity index (χ3v) is 3.01. The molecule has 2 aromatic carbocycles. The molecule has 3 N–H and O–H groups in total. The standard InChI is InChI=1S/C15H16F2N2O/c1-20-12-5-3-11(4-6-12)19-15(9-18)10-2-7-13(16)14(17)8-10/h2-8,15,19H,9,18H2,1H3. The second-order valence-electron chi connectivity index (χ2n) is 4.33. The highest BCUT2D eigenvalue weighted by atomic mass is 19.2. The van der Waals surface area contributed by atoms with Crippen LogP contribution in [0.4, 0.5) is 14.5 Å². The largest absolute Gasteiger partial charge is 0.497 e. The number of halogens is 2. The van der Waals surface area contributed by atoms with Crippen LogP contribution >= 0.6 is 0 Å². The number of methoxy groups -OCH3 is 1. The molecule has 0 saturated heterocycles. The average Bonchev–Trinajstić information content (AvgIpc) is 2.48. The number of ether oxygens (including phenoxy) is 1. The maximum atomic E-state index is 13.3. The van der Waals surface area contributed by atoms with E-state index in [4.69, 9.17) is 10.5 Å². The third kappa shape index (κ3) is 3.24. The minimum absolute atomic E-state index is 0.261. The molecule has 2 aromatic rings. The number of hydrogen-bond donors (Lipinski definition) is 2. The van der Waals surface area contributed by atoms with Gasteiger partial charge in [-0.25, -0.2) is 8.78 Å². The summed E-state index contributed by atoms with van der Waals surface area (Å²) in [7, 11) is 1.59. The molecular weight excluding hydrogens is 262 g/mol. The molecule has 0 amide bonds. The van der Waals surface area contributed by atoms with Crippen LogP contribution < -0.4 is 15.8 Å². The molecule has 0 heterocycles. The van der Waals surface area contributed by atoms with Gasteiger partial charge in [-0.3, -0.25) is 0 Å². The molecule has 5 heteroatoms. The van der Waals surface area contributed by atoms with Gasteiger partial charge in [0.25, 0.3) is 0 Å². The Kier molecular flexibility index (Phi) is 4.53. The van der Waals surface area contributed by atoms with E-state index in [0.29, 0.717) is 5.56 Å². The summed E-state index contributed by atoms with van der Waals surface area (Å²) < 4.78 is 31.3. The Morgan fingerprint density at radius 1 is 1.10 bits per heavy atom. The number of anilines is 1. The highest BCUT2D eigenvalue weighted by Crippen LogP contribution is 2.22. The van der Waals surface area contributed by atoms with Gasteiger partial charge in [-0.05, 0) is 42.0 Å². The lowest BCUT2D eigenvalue weighted by molar-refractivity contribution is 0.415. The van der Waals surface area contributed by atoms with Crippen LogP contribution in [0.2, 0.25) is 0 Å². The van der Waals surface area contributed by atoms with Crippen molar-refractivity contribution in [2.75, 3.05) is 19.0 Å². The van der Waals surface area contributed by atoms with Crippen molar-refractivity contribution in [2.45, 2.75) is 6.04 Å². The summed E-state index contributed by atoms with van der Waals surface area (Å²) in [6, 6.07) is 10.8. The molecular formula is C15H16F2N2O. The zero-order valence-corrected chi connectivity index (χ0v) is 11.1. The summed E-state index contributed by atoms with van der Waals surface area (Å²) in [5.74, 6) is -1.00. The maximum Gasteiger partial charge on any atom is 0.159 e. The van der Waals surface area contributed by atoms with Crippen molar-refractivity contribution >= 4 is 5.69 Å². The normalized spacial score (nSPS) is 12.0. The van der Waals surface area contributed by atoms with Crippen molar-refractivity contribution in [3.63, 3.8) is 0 Å². The smallest absolute Gasteiger partial charge is 0.159 e. The fourth-order valence-corrected chi connectivity index (χ4v) is 1.90. The van der Waals surface area contributed by atoms with Crippen molar-refractivity contribution in [3.8, 4) is 5.75 Å². The molecule has 0 spiro atoms. The van der Waals surface area contributed by atoms with E-state index in [1.54, 1.807) is 19.2 Å². The first-order chi connectivity index (χ1) is 9.63. The molecule has 3 nitrogen and oxygen atoms in total. The number of benzene rings is 2. The minimum Gasteiger partial charge on any atom is -0.497 e. The lowest BCUT2D eigenvalue weighted by atomic mass is 10.1. The van der Waals surface area contributed by atoms with Gasteiger partial charge in [0.2, 0.25) is 0 Å². The van der Waals surface area contributed by atoms with Gasteiger partial charge in [-0.15, -0.1) is 0 Å². The summed E-state index contributed by atoms with van der Waals surface area (Å²) in [5.41, 5.74) is 7.12. The van der Waals surface area contributed by atoms with Crippen molar-refractivity contribution in [1.29, 1.82) is 0 Å². The lowest BCUT2D eigenvalue weighted by Crippen LogP contribution is -2.20. The zero-order valence-electron chi connectivity index (χ0n) is 11.1. The topological polar surface area (TPSA) is 47.3 Å². The van der Waals surface area contributed by atoms with Crippen molar-refractivity contribution in [2.24, 2.45) is 5.73 Å². The van der Waals surface area contributed by atoms with Crippen LogP contribution in [0.5, 0.6) is 5.75 Å². The Hall–Kier alpha value is -2.14. The highest BCUT2D eigenvalue weighted by Gasteiger charge is 2.12. The van der Waals surface area contributed by atoms with E-state index in [1.165, 1.54) is 6.07 Å². The van der Waals surface area contributed by atoms with E-state index < -0.39 is 11.6 Å². The van der Waals surface area contributed by atoms with Gasteiger partial charge in [0.05, 0.1) is 13.2 Å². The molecule has 0 radical (unpaired) electrons. The molecule has 0 aliphatic carbocycles. The molecule has 0 aliphatic rings. The zero-order chi connectivity index (χ0) is 14.5. The van der Waals surface area contributed by atoms with Gasteiger partial charge in [-0.1, -0.05) is 6.07 Å². The summed E-state index contributed by atoms with van der Waals surface area (Å²) in [6.45, 7) is 0.261. The number of nitrogens with one attached hydrogen (secondary N) is 1. The molecule has 1 unspecified atom stereocenters. The molecule has 0 saturated carbocycles. The lowest BCUT2D eigenvalue weighted by Gasteiger charge is -2.19. The van der Waals surface area contributed by atoms with Gasteiger partial charge in [-0.2, -0.15) is 0 Å². The molecule has 0 fully saturated rings. The van der Waals surface area contributed by atoms with Crippen molar-refractivity contribution in [3.05, 3.63) is 59.7 Å². The Morgan fingerprint density at radius 3 is 2.35 bits per heavy atom. The van der Waals surface area contributed by atoms with Gasteiger partial charge in [0.1, 0.15) is 5.75 Å². The third-order valence-electron chi connectivity index (χ3n) is 3.01. The van der Waals surface area contributed by atoms with Crippen LogP contribution in [-0.2, 0) is 0 Å². The first-order valence-electron chi connectivity index (χ1n) is 6.19. The first-order valence-corrected chi connectivity index (χ1v) is 6.19. The second-order valence-corrected chi connectivity index (χ2v) is 4.33. The Morgan fingerprint density at radius 2 is 1.80 bits per heavy atom. The molecule has 106 valence electrons. The van der Waals surface area contributed by atoms with Gasteiger partial charge in [0.15, 0.2) is 11.6 Å². The van der Waals surface area contributed by atoms with Crippen molar-refractivity contribution < 1.29 is 13.5 Å². The van der Waals surface area contributed by atoms with Gasteiger partial charge >= 0.3 is 0 Å². The monoisotopic (exact) mass is 278 g/mol. The van der Waals surface area contributed by atoms with Gasteiger partial charge < -0.3 is 15.8 Å². The number of hydrogen-bond acceptors (Lipinski definition) is 3. The number of nitrogens with two attached hydrogens (primary N) is 1. The van der Waals surface area contributed by atoms with Crippen LogP contribution in [0.15, 0.2) is 42.5 Å². The Labute approximate surface area is 116 Å². The summed E-state index contributed by atoms with van der Waals surface area (Å²) >= 11 is 0. The molecule has 0 aromatic heterocycles. The van der Waals surface area contributed by atoms with Gasteiger partial charge in [0, 0.05) is 12.2 Å². The fraction of sp³-hybridized carbons (Fsp3) is 0.200. The summed E-state index contributed by atoms with van der Waals surface area (Å²) in [5, 5.41) is 3.17. The highest BCUT2D eigenvalue weighted by molar-refractivity contribution is 5.48. The molecule has 0 bridgehead atoms. The van der Waals surface area contributed by atoms with E-state index >= 15 is 0 Å². The molecule has 1 atom stereocenters. The van der Waals surface area contributed by atoms with Crippen LogP contribution in [0.3, 0.4) is 0 Å². The van der Waals surface area contributed by atoms with Crippen LogP contribution in [0.25, 0.3) is 0 Å². The van der Waals surface area contributed by atoms with Crippen molar-refractivity contribution in [1.82, 2.24) is 0 Å². The quantitative estimate of drug-likeness (QED) is 0.883. The van der Waals surface area contributed by atoms with E-state index in [2.05, 4.69) is 5.32 Å². The second kappa shape index (κ2) is 6.34. The summed E-state index contributed by atoms with van der Waals surface area (Å²) in [4.78, 5) is 0. The fourth-order valence-electron chi connectivity index (χ4n) is 1.90. The Balaban J connectivity index is 2.16. The minimum atomic E-state index is -0.877. The first kappa shape index (κ1) is 14.3. The van der Waals surface area contributed by atoms with E-state index in [0.717, 1.165) is 23.6 Å². The van der Waals surface area contributed by atoms with Crippen LogP contribution in [0, 0.1) is 11.6 Å². The Bertz CT molecular complexity index is 573. The molecule has 2 rings (SSSR count). The average molecular weight is 278 g/mol. The van der Waals surface area contributed by atoms with E-state index in [9.17, 15) is 8.78 Å². The van der Waals surface area contributed by atoms with Crippen LogP contribution in [0.1, 0.15) is 11.6 Å². The molecule has 0 aliphatic heterocycles. The summed E-state index contributed by atoms with van der Waals surface area (Å²) in [6.07, 6.45) is 0. The van der Waals surface area contributed by atoms with Crippen LogP contribution in [-0.4, -0.2) is 13.7 Å². The van der Waals surface area contributed by atoms with E-state index in [1.807, 2.05) is 12.1 Å². The SMILES string of the molecule is COc1ccc(NC(CN)c2ccc(F)c(F)c2)cc1. The number of rotatable bonds is 5. The van der Waals surface area contributed by atoms with E-state index in [-0.39, 0.29) is 12.6 Å². The maximum absolute atomic E-state index is 13.3. The predicted molar refractivity (Wildman–Crippen MR) is 74.8 cm³/mol. The predicted octanol–water partition coefficient (Wildman–Crippen LogP) is 3.09. The molecule has 20 heavy (non-hydrogen) atoms.